The van der Waals surface area contributed by atoms with Crippen molar-refractivity contribution < 1.29 is 4.74 Å². The predicted octanol–water partition coefficient (Wildman–Crippen LogP) is 4.38. The van der Waals surface area contributed by atoms with Crippen LogP contribution in [-0.4, -0.2) is 6.61 Å². The quantitative estimate of drug-likeness (QED) is 0.667. The maximum atomic E-state index is 12.8. The molecule has 0 fully saturated rings. The van der Waals surface area contributed by atoms with E-state index in [4.69, 9.17) is 4.74 Å². The Balaban J connectivity index is 2.51. The number of ether oxygens (including phenoxy) is 1. The first kappa shape index (κ1) is 13.1. The van der Waals surface area contributed by atoms with Crippen molar-refractivity contribution in [3.8, 4) is 5.75 Å². The fourth-order valence-electron chi connectivity index (χ4n) is 2.51. The summed E-state index contributed by atoms with van der Waals surface area (Å²) in [5.74, 6) is 0.813. The van der Waals surface area contributed by atoms with Crippen LogP contribution < -0.4 is 10.2 Å². The molecule has 0 saturated carbocycles. The lowest BCUT2D eigenvalue weighted by molar-refractivity contribution is 0.345. The molecule has 0 N–H and O–H groups in total. The molecule has 3 aromatic rings. The molecule has 0 radical (unpaired) electrons. The van der Waals surface area contributed by atoms with Crippen LogP contribution in [0.3, 0.4) is 0 Å². The molecule has 2 aromatic carbocycles. The first-order valence-electron chi connectivity index (χ1n) is 6.86. The summed E-state index contributed by atoms with van der Waals surface area (Å²) in [4.78, 5) is 12.8. The second kappa shape index (κ2) is 5.25. The van der Waals surface area contributed by atoms with Gasteiger partial charge in [0, 0.05) is 15.5 Å². The van der Waals surface area contributed by atoms with Crippen molar-refractivity contribution >= 4 is 31.5 Å². The highest BCUT2D eigenvalue weighted by Crippen LogP contribution is 2.34. The van der Waals surface area contributed by atoms with Crippen LogP contribution in [-0.2, 0) is 6.42 Å². The Bertz CT molecular complexity index is 833. The Labute approximate surface area is 121 Å². The summed E-state index contributed by atoms with van der Waals surface area (Å²) in [6, 6.07) is 11.8. The molecular weight excluding hydrogens is 268 g/mol. The molecule has 1 heterocycles. The van der Waals surface area contributed by atoms with Crippen molar-refractivity contribution in [3.05, 3.63) is 52.2 Å². The fourth-order valence-corrected chi connectivity index (χ4v) is 3.70. The second-order valence-electron chi connectivity index (χ2n) is 4.64. The van der Waals surface area contributed by atoms with E-state index in [9.17, 15) is 4.79 Å². The van der Waals surface area contributed by atoms with E-state index in [1.807, 2.05) is 43.3 Å². The topological polar surface area (TPSA) is 26.3 Å². The lowest BCUT2D eigenvalue weighted by atomic mass is 10.1. The molecule has 3 rings (SSSR count). The van der Waals surface area contributed by atoms with E-state index in [1.54, 1.807) is 11.3 Å². The molecule has 20 heavy (non-hydrogen) atoms. The highest BCUT2D eigenvalue weighted by atomic mass is 32.1. The molecule has 2 nitrogen and oxygen atoms in total. The molecule has 0 saturated heterocycles. The van der Waals surface area contributed by atoms with Crippen LogP contribution in [0.5, 0.6) is 5.75 Å². The van der Waals surface area contributed by atoms with Crippen molar-refractivity contribution in [1.29, 1.82) is 0 Å². The summed E-state index contributed by atoms with van der Waals surface area (Å²) >= 11 is 1.64. The summed E-state index contributed by atoms with van der Waals surface area (Å²) in [6.45, 7) is 4.64. The first-order valence-corrected chi connectivity index (χ1v) is 7.68. The van der Waals surface area contributed by atoms with Crippen molar-refractivity contribution in [2.45, 2.75) is 20.3 Å². The van der Waals surface area contributed by atoms with Gasteiger partial charge in [0.1, 0.15) is 5.75 Å². The molecule has 0 bridgehead atoms. The zero-order chi connectivity index (χ0) is 14.1. The minimum Gasteiger partial charge on any atom is -0.492 e. The number of hydrogen-bond acceptors (Lipinski definition) is 3. The third-order valence-electron chi connectivity index (χ3n) is 3.46. The number of benzene rings is 2. The maximum absolute atomic E-state index is 12.8. The van der Waals surface area contributed by atoms with Gasteiger partial charge in [-0.25, -0.2) is 0 Å². The van der Waals surface area contributed by atoms with Crippen LogP contribution in [0, 0.1) is 0 Å². The van der Waals surface area contributed by atoms with Crippen LogP contribution >= 0.6 is 11.3 Å². The molecule has 102 valence electrons. The Kier molecular flexibility index (Phi) is 3.45. The minimum atomic E-state index is 0.118. The van der Waals surface area contributed by atoms with E-state index >= 15 is 0 Å². The molecule has 0 amide bonds. The van der Waals surface area contributed by atoms with E-state index in [-0.39, 0.29) is 5.43 Å². The van der Waals surface area contributed by atoms with Gasteiger partial charge in [-0.3, -0.25) is 4.79 Å². The minimum absolute atomic E-state index is 0.118. The van der Waals surface area contributed by atoms with E-state index < -0.39 is 0 Å². The van der Waals surface area contributed by atoms with Gasteiger partial charge in [-0.2, -0.15) is 0 Å². The van der Waals surface area contributed by atoms with Crippen LogP contribution in [0.25, 0.3) is 20.2 Å². The van der Waals surface area contributed by atoms with Gasteiger partial charge in [0.25, 0.3) is 0 Å². The zero-order valence-corrected chi connectivity index (χ0v) is 12.4. The van der Waals surface area contributed by atoms with Gasteiger partial charge >= 0.3 is 0 Å². The lowest BCUT2D eigenvalue weighted by Gasteiger charge is -2.10. The highest BCUT2D eigenvalue weighted by molar-refractivity contribution is 7.24. The summed E-state index contributed by atoms with van der Waals surface area (Å²) in [7, 11) is 0. The smallest absolute Gasteiger partial charge is 0.196 e. The standard InChI is InChI=1S/C17H16O2S/c1-3-11-9-10-13(19-4-2)17-15(11)16(18)12-7-5-6-8-14(12)20-17/h5-10H,3-4H2,1-2H3. The molecule has 0 aliphatic carbocycles. The van der Waals surface area contributed by atoms with Crippen LogP contribution in [0.4, 0.5) is 0 Å². The van der Waals surface area contributed by atoms with Gasteiger partial charge in [0.2, 0.25) is 0 Å². The van der Waals surface area contributed by atoms with Crippen LogP contribution in [0.15, 0.2) is 41.2 Å². The Morgan fingerprint density at radius 1 is 1.10 bits per heavy atom. The summed E-state index contributed by atoms with van der Waals surface area (Å²) in [5, 5.41) is 1.62. The molecule has 1 aromatic heterocycles. The Hall–Kier alpha value is -1.87. The van der Waals surface area contributed by atoms with Gasteiger partial charge in [-0.05, 0) is 37.1 Å². The van der Waals surface area contributed by atoms with E-state index in [2.05, 4.69) is 6.92 Å². The van der Waals surface area contributed by atoms with Crippen LogP contribution in [0.1, 0.15) is 19.4 Å². The van der Waals surface area contributed by atoms with Crippen molar-refractivity contribution in [2.75, 3.05) is 6.61 Å². The summed E-state index contributed by atoms with van der Waals surface area (Å²) in [5.41, 5.74) is 1.21. The number of rotatable bonds is 3. The SMILES string of the molecule is CCOc1ccc(CC)c2c(=O)c3ccccc3sc12. The zero-order valence-electron chi connectivity index (χ0n) is 11.6. The predicted molar refractivity (Wildman–Crippen MR) is 86.1 cm³/mol. The molecule has 0 aliphatic rings. The van der Waals surface area contributed by atoms with E-state index in [0.29, 0.717) is 6.61 Å². The molecule has 0 atom stereocenters. The Morgan fingerprint density at radius 2 is 1.90 bits per heavy atom. The average Bonchev–Trinajstić information content (AvgIpc) is 2.48. The third-order valence-corrected chi connectivity index (χ3v) is 4.64. The Morgan fingerprint density at radius 3 is 2.65 bits per heavy atom. The molecule has 3 heteroatoms. The molecule has 0 unspecified atom stereocenters. The first-order chi connectivity index (χ1) is 9.76. The fraction of sp³-hybridized carbons (Fsp3) is 0.235. The largest absolute Gasteiger partial charge is 0.492 e. The summed E-state index contributed by atoms with van der Waals surface area (Å²) in [6.07, 6.45) is 0.850. The normalized spacial score (nSPS) is 11.1. The third kappa shape index (κ3) is 1.98. The average molecular weight is 284 g/mol. The number of fused-ring (bicyclic) bond motifs is 2. The second-order valence-corrected chi connectivity index (χ2v) is 5.69. The lowest BCUT2D eigenvalue weighted by Crippen LogP contribution is -2.05. The molecule has 0 spiro atoms. The number of aryl methyl sites for hydroxylation is 1. The molecular formula is C17H16O2S. The van der Waals surface area contributed by atoms with Gasteiger partial charge < -0.3 is 4.74 Å². The van der Waals surface area contributed by atoms with E-state index in [0.717, 1.165) is 37.9 Å². The van der Waals surface area contributed by atoms with Gasteiger partial charge in [0.15, 0.2) is 5.43 Å². The van der Waals surface area contributed by atoms with Gasteiger partial charge in [-0.1, -0.05) is 25.1 Å². The summed E-state index contributed by atoms with van der Waals surface area (Å²) < 4.78 is 7.67. The van der Waals surface area contributed by atoms with Crippen LogP contribution in [0.2, 0.25) is 0 Å². The van der Waals surface area contributed by atoms with Gasteiger partial charge in [-0.15, -0.1) is 11.3 Å². The monoisotopic (exact) mass is 284 g/mol. The van der Waals surface area contributed by atoms with E-state index in [1.165, 1.54) is 0 Å². The van der Waals surface area contributed by atoms with Crippen molar-refractivity contribution in [3.63, 3.8) is 0 Å². The highest BCUT2D eigenvalue weighted by Gasteiger charge is 2.13. The number of hydrogen-bond donors (Lipinski definition) is 0. The maximum Gasteiger partial charge on any atom is 0.196 e. The van der Waals surface area contributed by atoms with Crippen molar-refractivity contribution in [1.82, 2.24) is 0 Å². The van der Waals surface area contributed by atoms with Crippen molar-refractivity contribution in [2.24, 2.45) is 0 Å². The molecule has 0 aliphatic heterocycles. The van der Waals surface area contributed by atoms with Gasteiger partial charge in [0.05, 0.1) is 11.3 Å².